The van der Waals surface area contributed by atoms with Crippen LogP contribution < -0.4 is 0 Å². The third-order valence-corrected chi connectivity index (χ3v) is 5.76. The molecule has 2 aromatic heterocycles. The van der Waals surface area contributed by atoms with E-state index >= 15 is 0 Å². The summed E-state index contributed by atoms with van der Waals surface area (Å²) in [5.41, 5.74) is 3.05. The van der Waals surface area contributed by atoms with Crippen LogP contribution in [0.3, 0.4) is 0 Å². The summed E-state index contributed by atoms with van der Waals surface area (Å²) in [6.45, 7) is 3.01. The van der Waals surface area contributed by atoms with Crippen molar-refractivity contribution >= 4 is 5.91 Å². The summed E-state index contributed by atoms with van der Waals surface area (Å²) in [6, 6.07) is 1.67. The van der Waals surface area contributed by atoms with Gasteiger partial charge in [0.2, 0.25) is 0 Å². The van der Waals surface area contributed by atoms with Crippen LogP contribution in [0.1, 0.15) is 53.3 Å². The summed E-state index contributed by atoms with van der Waals surface area (Å²) in [6.07, 6.45) is 11.0. The predicted octanol–water partition coefficient (Wildman–Crippen LogP) is 3.05. The summed E-state index contributed by atoms with van der Waals surface area (Å²) in [7, 11) is 0. The number of hydrogen-bond acceptors (Lipinski definition) is 4. The highest BCUT2D eigenvalue weighted by Gasteiger charge is 2.36. The Kier molecular flexibility index (Phi) is 4.08. The summed E-state index contributed by atoms with van der Waals surface area (Å²) in [5, 5.41) is 4.64. The van der Waals surface area contributed by atoms with E-state index < -0.39 is 0 Å². The summed E-state index contributed by atoms with van der Waals surface area (Å²) in [4.78, 5) is 15.0. The van der Waals surface area contributed by atoms with Crippen molar-refractivity contribution in [3.63, 3.8) is 0 Å². The van der Waals surface area contributed by atoms with Gasteiger partial charge in [-0.1, -0.05) is 0 Å². The molecule has 0 aromatic carbocycles. The van der Waals surface area contributed by atoms with E-state index in [1.165, 1.54) is 43.2 Å². The van der Waals surface area contributed by atoms with Crippen LogP contribution in [-0.4, -0.2) is 40.3 Å². The van der Waals surface area contributed by atoms with E-state index in [-0.39, 0.29) is 11.9 Å². The smallest absolute Gasteiger partial charge is 0.257 e. The number of carbonyl (C=O) groups is 1. The lowest BCUT2D eigenvalue weighted by atomic mass is 9.99. The van der Waals surface area contributed by atoms with Gasteiger partial charge in [-0.05, 0) is 55.6 Å². The van der Waals surface area contributed by atoms with Crippen molar-refractivity contribution in [1.82, 2.24) is 14.7 Å². The van der Waals surface area contributed by atoms with Gasteiger partial charge in [-0.15, -0.1) is 0 Å². The van der Waals surface area contributed by atoms with Gasteiger partial charge >= 0.3 is 0 Å². The average molecular weight is 355 g/mol. The van der Waals surface area contributed by atoms with Crippen molar-refractivity contribution in [2.45, 2.75) is 44.7 Å². The molecule has 2 fully saturated rings. The van der Waals surface area contributed by atoms with Gasteiger partial charge in [0.25, 0.3) is 5.91 Å². The van der Waals surface area contributed by atoms with E-state index in [0.29, 0.717) is 24.6 Å². The maximum absolute atomic E-state index is 13.0. The summed E-state index contributed by atoms with van der Waals surface area (Å²) in [5.74, 6) is 1.48. The molecule has 3 aliphatic rings. The second-order valence-electron chi connectivity index (χ2n) is 7.94. The number of hydrogen-bond donors (Lipinski definition) is 0. The molecule has 1 amide bonds. The van der Waals surface area contributed by atoms with Gasteiger partial charge in [0.05, 0.1) is 36.4 Å². The molecule has 0 radical (unpaired) electrons. The van der Waals surface area contributed by atoms with Gasteiger partial charge in [0.1, 0.15) is 6.26 Å². The molecule has 6 heteroatoms. The van der Waals surface area contributed by atoms with E-state index in [2.05, 4.69) is 9.78 Å². The zero-order chi connectivity index (χ0) is 17.5. The lowest BCUT2D eigenvalue weighted by molar-refractivity contribution is 0.0344. The molecule has 0 spiro atoms. The van der Waals surface area contributed by atoms with E-state index in [1.54, 1.807) is 12.3 Å². The Morgan fingerprint density at radius 2 is 2.08 bits per heavy atom. The summed E-state index contributed by atoms with van der Waals surface area (Å²) >= 11 is 0. The van der Waals surface area contributed by atoms with Gasteiger partial charge in [0, 0.05) is 19.7 Å². The van der Waals surface area contributed by atoms with Crippen LogP contribution in [0.15, 0.2) is 29.2 Å². The highest BCUT2D eigenvalue weighted by atomic mass is 16.5. The first kappa shape index (κ1) is 16.1. The Morgan fingerprint density at radius 3 is 2.81 bits per heavy atom. The molecule has 2 aromatic rings. The molecule has 2 saturated carbocycles. The van der Waals surface area contributed by atoms with Gasteiger partial charge < -0.3 is 14.1 Å². The Labute approximate surface area is 153 Å². The maximum Gasteiger partial charge on any atom is 0.257 e. The number of carbonyl (C=O) groups excluding carboxylic acids is 1. The molecule has 5 rings (SSSR count). The van der Waals surface area contributed by atoms with Crippen LogP contribution in [0.2, 0.25) is 0 Å². The van der Waals surface area contributed by atoms with Gasteiger partial charge in [-0.3, -0.25) is 9.48 Å². The lowest BCUT2D eigenvalue weighted by Gasteiger charge is -2.36. The number of furan rings is 1. The van der Waals surface area contributed by atoms with Crippen LogP contribution in [0.25, 0.3) is 0 Å². The number of amides is 1. The first-order valence-corrected chi connectivity index (χ1v) is 9.75. The Balaban J connectivity index is 1.42. The van der Waals surface area contributed by atoms with Crippen molar-refractivity contribution < 1.29 is 13.9 Å². The molecule has 0 unspecified atom stereocenters. The fourth-order valence-electron chi connectivity index (χ4n) is 3.84. The molecular formula is C20H25N3O3. The van der Waals surface area contributed by atoms with E-state index in [4.69, 9.17) is 9.15 Å². The Bertz CT molecular complexity index is 774. The number of ether oxygens (including phenoxy) is 1. The van der Waals surface area contributed by atoms with Gasteiger partial charge in [-0.25, -0.2) is 0 Å². The van der Waals surface area contributed by atoms with E-state index in [1.807, 2.05) is 11.1 Å². The number of rotatable bonds is 7. The fourth-order valence-corrected chi connectivity index (χ4v) is 3.84. The third-order valence-electron chi connectivity index (χ3n) is 5.76. The van der Waals surface area contributed by atoms with Crippen molar-refractivity contribution in [2.24, 2.45) is 11.8 Å². The zero-order valence-corrected chi connectivity index (χ0v) is 15.0. The van der Waals surface area contributed by atoms with Crippen LogP contribution in [0, 0.1) is 11.8 Å². The van der Waals surface area contributed by atoms with E-state index in [9.17, 15) is 4.79 Å². The number of nitrogens with zero attached hydrogens (tertiary/aromatic N) is 3. The minimum atomic E-state index is -0.0684. The van der Waals surface area contributed by atoms with Gasteiger partial charge in [0.15, 0.2) is 0 Å². The molecule has 6 nitrogen and oxygen atoms in total. The monoisotopic (exact) mass is 355 g/mol. The quantitative estimate of drug-likeness (QED) is 0.766. The average Bonchev–Trinajstić information content (AvgIpc) is 3.55. The van der Waals surface area contributed by atoms with Crippen molar-refractivity contribution in [1.29, 1.82) is 0 Å². The molecule has 138 valence electrons. The fraction of sp³-hybridized carbons (Fsp3) is 0.600. The first-order chi connectivity index (χ1) is 12.8. The lowest BCUT2D eigenvalue weighted by Crippen LogP contribution is -2.43. The van der Waals surface area contributed by atoms with Crippen molar-refractivity contribution in [3.8, 4) is 0 Å². The highest BCUT2D eigenvalue weighted by Crippen LogP contribution is 2.36. The Hall–Kier alpha value is -2.08. The predicted molar refractivity (Wildman–Crippen MR) is 94.7 cm³/mol. The molecule has 1 atom stereocenters. The molecular weight excluding hydrogens is 330 g/mol. The van der Waals surface area contributed by atoms with Crippen LogP contribution in [0.4, 0.5) is 0 Å². The molecule has 2 aliphatic carbocycles. The first-order valence-electron chi connectivity index (χ1n) is 9.75. The second-order valence-corrected chi connectivity index (χ2v) is 7.94. The number of aromatic nitrogens is 2. The highest BCUT2D eigenvalue weighted by molar-refractivity contribution is 5.94. The molecule has 0 bridgehead atoms. The largest absolute Gasteiger partial charge is 0.472 e. The van der Waals surface area contributed by atoms with Crippen LogP contribution in [0.5, 0.6) is 0 Å². The van der Waals surface area contributed by atoms with Crippen molar-refractivity contribution in [3.05, 3.63) is 41.6 Å². The number of fused-ring (bicyclic) bond motifs is 1. The second kappa shape index (κ2) is 6.58. The summed E-state index contributed by atoms with van der Waals surface area (Å²) < 4.78 is 13.3. The minimum absolute atomic E-state index is 0.0172. The normalized spacial score (nSPS) is 22.5. The third kappa shape index (κ3) is 3.18. The topological polar surface area (TPSA) is 60.5 Å². The van der Waals surface area contributed by atoms with Crippen LogP contribution >= 0.6 is 0 Å². The molecule has 26 heavy (non-hydrogen) atoms. The van der Waals surface area contributed by atoms with Crippen LogP contribution in [-0.2, 0) is 17.7 Å². The van der Waals surface area contributed by atoms with Crippen molar-refractivity contribution in [2.75, 3.05) is 19.8 Å². The minimum Gasteiger partial charge on any atom is -0.472 e. The SMILES string of the molecule is O=C(c1ccoc1)N1CCc2cnn(CC3CC3)c2[C@@H]1COCC1CC1. The standard InChI is InChI=1S/C20H25N3O3/c24-20(17-6-8-25-12-17)22-7-5-16-9-21-23(10-14-1-2-14)19(16)18(22)13-26-11-15-3-4-15/h6,8-9,12,14-15,18H,1-5,7,10-11,13H2/t18-/m0/s1. The Morgan fingerprint density at radius 1 is 1.23 bits per heavy atom. The van der Waals surface area contributed by atoms with E-state index in [0.717, 1.165) is 25.5 Å². The maximum atomic E-state index is 13.0. The van der Waals surface area contributed by atoms with Gasteiger partial charge in [-0.2, -0.15) is 5.10 Å². The molecule has 1 aliphatic heterocycles. The molecule has 0 saturated heterocycles. The molecule has 3 heterocycles. The molecule has 0 N–H and O–H groups in total. The zero-order valence-electron chi connectivity index (χ0n) is 15.0.